The molecule has 210 valence electrons. The van der Waals surface area contributed by atoms with Gasteiger partial charge in [-0.15, -0.1) is 0 Å². The van der Waals surface area contributed by atoms with Crippen LogP contribution in [0.3, 0.4) is 0 Å². The molecule has 0 radical (unpaired) electrons. The summed E-state index contributed by atoms with van der Waals surface area (Å²) < 4.78 is 23.2. The molecule has 3 aromatic rings. The Balaban J connectivity index is 1.93. The Labute approximate surface area is 242 Å². The van der Waals surface area contributed by atoms with Crippen LogP contribution in [0.25, 0.3) is 6.08 Å². The minimum absolute atomic E-state index is 0.0177. The molecule has 0 saturated heterocycles. The summed E-state index contributed by atoms with van der Waals surface area (Å²) >= 11 is 13.7. The molecule has 10 nitrogen and oxygen atoms in total. The normalized spacial score (nSPS) is 14.8. The summed E-state index contributed by atoms with van der Waals surface area (Å²) in [6.45, 7) is 2.89. The summed E-state index contributed by atoms with van der Waals surface area (Å²) in [6.07, 6.45) is 1.58. The van der Waals surface area contributed by atoms with E-state index in [1.54, 1.807) is 38.1 Å². The Morgan fingerprint density at radius 1 is 1.15 bits per heavy atom. The van der Waals surface area contributed by atoms with E-state index in [9.17, 15) is 14.4 Å². The van der Waals surface area contributed by atoms with Crippen LogP contribution in [-0.2, 0) is 14.3 Å². The van der Waals surface area contributed by atoms with Crippen LogP contribution in [0, 0.1) is 0 Å². The third-order valence-electron chi connectivity index (χ3n) is 5.91. The third kappa shape index (κ3) is 5.72. The Bertz CT molecular complexity index is 1690. The number of carboxylic acids is 1. The van der Waals surface area contributed by atoms with Crippen molar-refractivity contribution in [1.82, 2.24) is 4.57 Å². The molecule has 4 rings (SSSR count). The van der Waals surface area contributed by atoms with E-state index in [1.165, 1.54) is 30.9 Å². The molecule has 1 atom stereocenters. The Hall–Kier alpha value is -3.80. The van der Waals surface area contributed by atoms with E-state index >= 15 is 0 Å². The maximum absolute atomic E-state index is 13.9. The Morgan fingerprint density at radius 2 is 1.85 bits per heavy atom. The van der Waals surface area contributed by atoms with Gasteiger partial charge in [-0.05, 0) is 55.8 Å². The molecule has 1 N–H and O–H groups in total. The lowest BCUT2D eigenvalue weighted by Gasteiger charge is -2.26. The van der Waals surface area contributed by atoms with Crippen molar-refractivity contribution in [3.8, 4) is 17.2 Å². The van der Waals surface area contributed by atoms with E-state index in [1.807, 2.05) is 0 Å². The average molecular weight is 607 g/mol. The molecule has 2 heterocycles. The topological polar surface area (TPSA) is 126 Å². The average Bonchev–Trinajstić information content (AvgIpc) is 3.20. The van der Waals surface area contributed by atoms with Crippen LogP contribution in [0.5, 0.6) is 17.2 Å². The number of aromatic nitrogens is 1. The van der Waals surface area contributed by atoms with Gasteiger partial charge in [0.25, 0.3) is 5.56 Å². The number of ether oxygens (including phenoxy) is 4. The monoisotopic (exact) mass is 606 g/mol. The molecule has 2 aromatic carbocycles. The number of carboxylic acid groups (broad SMARTS) is 1. The lowest BCUT2D eigenvalue weighted by Crippen LogP contribution is -2.40. The number of methoxy groups -OCH3 is 2. The van der Waals surface area contributed by atoms with Crippen LogP contribution in [-0.4, -0.2) is 49.0 Å². The van der Waals surface area contributed by atoms with Gasteiger partial charge in [-0.25, -0.2) is 14.6 Å². The summed E-state index contributed by atoms with van der Waals surface area (Å²) in [5, 5.41) is 9.03. The molecule has 0 fully saturated rings. The molecular weight excluding hydrogens is 583 g/mol. The highest BCUT2D eigenvalue weighted by Crippen LogP contribution is 2.38. The molecular formula is C27H24Cl2N2O8S. The first-order chi connectivity index (χ1) is 19.1. The number of rotatable bonds is 9. The van der Waals surface area contributed by atoms with Crippen molar-refractivity contribution in [2.24, 2.45) is 4.99 Å². The fourth-order valence-corrected chi connectivity index (χ4v) is 5.88. The number of allylic oxidation sites excluding steroid dienone is 1. The number of carbonyl (C=O) groups excluding carboxylic acids is 1. The van der Waals surface area contributed by atoms with Gasteiger partial charge in [-0.1, -0.05) is 34.5 Å². The molecule has 40 heavy (non-hydrogen) atoms. The van der Waals surface area contributed by atoms with Crippen LogP contribution >= 0.6 is 34.5 Å². The second-order valence-electron chi connectivity index (χ2n) is 8.41. The fourth-order valence-electron chi connectivity index (χ4n) is 4.22. The minimum atomic E-state index is -1.18. The number of esters is 1. The number of carbonyl (C=O) groups is 2. The van der Waals surface area contributed by atoms with E-state index < -0.39 is 30.1 Å². The largest absolute Gasteiger partial charge is 0.497 e. The van der Waals surface area contributed by atoms with E-state index in [0.29, 0.717) is 33.1 Å². The highest BCUT2D eigenvalue weighted by molar-refractivity contribution is 7.07. The molecule has 0 amide bonds. The number of benzene rings is 2. The lowest BCUT2D eigenvalue weighted by atomic mass is 9.94. The van der Waals surface area contributed by atoms with E-state index in [4.69, 9.17) is 47.3 Å². The van der Waals surface area contributed by atoms with Crippen molar-refractivity contribution in [3.63, 3.8) is 0 Å². The Kier molecular flexibility index (Phi) is 8.87. The van der Waals surface area contributed by atoms with Crippen LogP contribution in [0.4, 0.5) is 0 Å². The van der Waals surface area contributed by atoms with Crippen molar-refractivity contribution < 1.29 is 33.6 Å². The second-order valence-corrected chi connectivity index (χ2v) is 10.2. The number of fused-ring (bicyclic) bond motifs is 1. The fraction of sp³-hybridized carbons (Fsp3) is 0.259. The maximum Gasteiger partial charge on any atom is 0.341 e. The molecule has 0 spiro atoms. The van der Waals surface area contributed by atoms with Gasteiger partial charge in [0.1, 0.15) is 17.5 Å². The van der Waals surface area contributed by atoms with Crippen LogP contribution in [0.1, 0.15) is 31.0 Å². The zero-order valence-corrected chi connectivity index (χ0v) is 24.1. The van der Waals surface area contributed by atoms with Crippen LogP contribution < -0.4 is 29.1 Å². The number of halogens is 2. The van der Waals surface area contributed by atoms with E-state index in [0.717, 1.165) is 11.3 Å². The van der Waals surface area contributed by atoms with Crippen molar-refractivity contribution >= 4 is 52.6 Å². The standard InChI is InChI=1S/C27H24Cl2N2O8S/c1-5-38-26(35)22-13(2)30-27-31(23(22)16-11-15(36-3)6-7-19(16)37-4)25(34)20(40-27)10-14-8-17(28)24(18(29)9-14)39-12-21(32)33/h6-11,23H,5,12H2,1-4H3,(H,32,33)/b20-10+/t23-/m1/s1. The molecule has 1 aliphatic heterocycles. The highest BCUT2D eigenvalue weighted by Gasteiger charge is 2.35. The lowest BCUT2D eigenvalue weighted by molar-refractivity contribution is -0.140. The zero-order chi connectivity index (χ0) is 29.1. The molecule has 1 aliphatic rings. The van der Waals surface area contributed by atoms with Crippen molar-refractivity contribution in [3.05, 3.63) is 82.5 Å². The van der Waals surface area contributed by atoms with Crippen molar-refractivity contribution in [2.75, 3.05) is 27.4 Å². The quantitative estimate of drug-likeness (QED) is 0.366. The highest BCUT2D eigenvalue weighted by atomic mass is 35.5. The van der Waals surface area contributed by atoms with Crippen molar-refractivity contribution in [2.45, 2.75) is 19.9 Å². The summed E-state index contributed by atoms with van der Waals surface area (Å²) in [4.78, 5) is 42.8. The van der Waals surface area contributed by atoms with Crippen molar-refractivity contribution in [1.29, 1.82) is 0 Å². The summed E-state index contributed by atoms with van der Waals surface area (Å²) in [6, 6.07) is 7.20. The van der Waals surface area contributed by atoms with Gasteiger partial charge in [0.2, 0.25) is 0 Å². The zero-order valence-electron chi connectivity index (χ0n) is 21.8. The summed E-state index contributed by atoms with van der Waals surface area (Å²) in [5.74, 6) is -0.831. The van der Waals surface area contributed by atoms with Gasteiger partial charge in [0.05, 0.1) is 46.7 Å². The van der Waals surface area contributed by atoms with Crippen LogP contribution in [0.15, 0.2) is 51.4 Å². The van der Waals surface area contributed by atoms with Gasteiger partial charge in [0.15, 0.2) is 17.2 Å². The molecule has 13 heteroatoms. The van der Waals surface area contributed by atoms with Crippen LogP contribution in [0.2, 0.25) is 10.0 Å². The molecule has 0 saturated carbocycles. The minimum Gasteiger partial charge on any atom is -0.497 e. The van der Waals surface area contributed by atoms with E-state index in [2.05, 4.69) is 4.99 Å². The second kappa shape index (κ2) is 12.2. The number of hydrogen-bond acceptors (Lipinski definition) is 9. The first-order valence-electron chi connectivity index (χ1n) is 11.8. The summed E-state index contributed by atoms with van der Waals surface area (Å²) in [7, 11) is 3.01. The Morgan fingerprint density at radius 3 is 2.45 bits per heavy atom. The third-order valence-corrected chi connectivity index (χ3v) is 7.45. The number of nitrogens with zero attached hydrogens (tertiary/aromatic N) is 2. The number of thiazole rings is 1. The maximum atomic E-state index is 13.9. The number of hydrogen-bond donors (Lipinski definition) is 1. The molecule has 0 aliphatic carbocycles. The first kappa shape index (κ1) is 29.2. The molecule has 0 bridgehead atoms. The van der Waals surface area contributed by atoms with Gasteiger partial charge >= 0.3 is 11.9 Å². The first-order valence-corrected chi connectivity index (χ1v) is 13.4. The van der Waals surface area contributed by atoms with E-state index in [-0.39, 0.29) is 32.5 Å². The number of aliphatic carboxylic acids is 1. The SMILES string of the molecule is CCOC(=O)C1=C(C)N=c2s/c(=C/c3cc(Cl)c(OCC(=O)O)c(Cl)c3)c(=O)n2[C@@H]1c1cc(OC)ccc1OC. The van der Waals surface area contributed by atoms with Gasteiger partial charge in [0, 0.05) is 5.56 Å². The van der Waals surface area contributed by atoms with Gasteiger partial charge < -0.3 is 24.1 Å². The smallest absolute Gasteiger partial charge is 0.341 e. The van der Waals surface area contributed by atoms with Gasteiger partial charge in [-0.2, -0.15) is 0 Å². The molecule has 0 unspecified atom stereocenters. The van der Waals surface area contributed by atoms with Gasteiger partial charge in [-0.3, -0.25) is 9.36 Å². The molecule has 1 aromatic heterocycles. The predicted molar refractivity (Wildman–Crippen MR) is 150 cm³/mol. The summed E-state index contributed by atoms with van der Waals surface area (Å²) in [5.41, 5.74) is 1.15. The predicted octanol–water partition coefficient (Wildman–Crippen LogP) is 3.59.